The predicted molar refractivity (Wildman–Crippen MR) is 88.1 cm³/mol. The van der Waals surface area contributed by atoms with Crippen molar-refractivity contribution in [2.75, 3.05) is 13.2 Å². The maximum Gasteiger partial charge on any atom is 0.307 e. The molecule has 0 spiro atoms. The number of amides is 1. The summed E-state index contributed by atoms with van der Waals surface area (Å²) in [6, 6.07) is 6.81. The molecule has 5 heteroatoms. The fourth-order valence-electron chi connectivity index (χ4n) is 1.98. The number of hydrogen-bond donors (Lipinski definition) is 1. The van der Waals surface area contributed by atoms with Crippen molar-refractivity contribution in [1.82, 2.24) is 5.32 Å². The van der Waals surface area contributed by atoms with E-state index in [2.05, 4.69) is 12.2 Å². The molecular formula is C17H24ClNO3. The SMILES string of the molecule is CCCCCCCOC(=O)CCNC(=O)c1ccccc1Cl. The molecule has 0 aliphatic carbocycles. The van der Waals surface area contributed by atoms with Crippen molar-refractivity contribution in [3.05, 3.63) is 34.9 Å². The maximum absolute atomic E-state index is 11.9. The summed E-state index contributed by atoms with van der Waals surface area (Å²) in [5, 5.41) is 3.06. The molecule has 0 saturated carbocycles. The molecule has 4 nitrogen and oxygen atoms in total. The second-order valence-electron chi connectivity index (χ2n) is 5.12. The molecule has 1 aromatic rings. The van der Waals surface area contributed by atoms with Crippen LogP contribution in [0.15, 0.2) is 24.3 Å². The summed E-state index contributed by atoms with van der Waals surface area (Å²) in [6.45, 7) is 2.87. The minimum atomic E-state index is -0.282. The zero-order valence-electron chi connectivity index (χ0n) is 13.1. The Kier molecular flexibility index (Phi) is 9.31. The molecule has 0 fully saturated rings. The van der Waals surface area contributed by atoms with Gasteiger partial charge in [-0.1, -0.05) is 56.3 Å². The fourth-order valence-corrected chi connectivity index (χ4v) is 2.20. The van der Waals surface area contributed by atoms with Crippen LogP contribution >= 0.6 is 11.6 Å². The lowest BCUT2D eigenvalue weighted by molar-refractivity contribution is -0.143. The molecule has 0 heterocycles. The van der Waals surface area contributed by atoms with Gasteiger partial charge in [0.05, 0.1) is 23.6 Å². The lowest BCUT2D eigenvalue weighted by Crippen LogP contribution is -2.26. The number of benzene rings is 1. The summed E-state index contributed by atoms with van der Waals surface area (Å²) in [5.74, 6) is -0.562. The van der Waals surface area contributed by atoms with Crippen LogP contribution in [-0.2, 0) is 9.53 Å². The van der Waals surface area contributed by atoms with Gasteiger partial charge in [0.25, 0.3) is 5.91 Å². The van der Waals surface area contributed by atoms with Crippen LogP contribution in [0.2, 0.25) is 5.02 Å². The van der Waals surface area contributed by atoms with E-state index in [1.165, 1.54) is 19.3 Å². The number of carbonyl (C=O) groups excluding carboxylic acids is 2. The van der Waals surface area contributed by atoms with Crippen LogP contribution in [0, 0.1) is 0 Å². The normalized spacial score (nSPS) is 10.3. The zero-order valence-corrected chi connectivity index (χ0v) is 13.8. The number of nitrogens with one attached hydrogen (secondary N) is 1. The topological polar surface area (TPSA) is 55.4 Å². The first kappa shape index (κ1) is 18.5. The minimum absolute atomic E-state index is 0.172. The van der Waals surface area contributed by atoms with Crippen molar-refractivity contribution < 1.29 is 14.3 Å². The third-order valence-electron chi connectivity index (χ3n) is 3.24. The Morgan fingerprint density at radius 2 is 1.86 bits per heavy atom. The number of unbranched alkanes of at least 4 members (excludes halogenated alkanes) is 4. The third-order valence-corrected chi connectivity index (χ3v) is 3.57. The van der Waals surface area contributed by atoms with Gasteiger partial charge >= 0.3 is 5.97 Å². The average molecular weight is 326 g/mol. The van der Waals surface area contributed by atoms with Crippen LogP contribution in [0.25, 0.3) is 0 Å². The van der Waals surface area contributed by atoms with E-state index in [0.29, 0.717) is 17.2 Å². The number of halogens is 1. The number of ether oxygens (including phenoxy) is 1. The van der Waals surface area contributed by atoms with Crippen molar-refractivity contribution in [2.24, 2.45) is 0 Å². The molecule has 0 radical (unpaired) electrons. The van der Waals surface area contributed by atoms with Gasteiger partial charge in [0.15, 0.2) is 0 Å². The van der Waals surface area contributed by atoms with Gasteiger partial charge in [-0.15, -0.1) is 0 Å². The summed E-state index contributed by atoms with van der Waals surface area (Å²) >= 11 is 5.93. The number of esters is 1. The lowest BCUT2D eigenvalue weighted by Gasteiger charge is -2.07. The van der Waals surface area contributed by atoms with Crippen molar-refractivity contribution in [2.45, 2.75) is 45.4 Å². The van der Waals surface area contributed by atoms with E-state index in [4.69, 9.17) is 16.3 Å². The van der Waals surface area contributed by atoms with Gasteiger partial charge < -0.3 is 10.1 Å². The van der Waals surface area contributed by atoms with Crippen LogP contribution in [0.1, 0.15) is 55.8 Å². The van der Waals surface area contributed by atoms with E-state index in [-0.39, 0.29) is 24.8 Å². The van der Waals surface area contributed by atoms with Gasteiger partial charge in [-0.05, 0) is 18.6 Å². The van der Waals surface area contributed by atoms with E-state index in [0.717, 1.165) is 12.8 Å². The molecule has 1 amide bonds. The van der Waals surface area contributed by atoms with Gasteiger partial charge in [-0.25, -0.2) is 0 Å². The van der Waals surface area contributed by atoms with Crippen LogP contribution in [-0.4, -0.2) is 25.0 Å². The van der Waals surface area contributed by atoms with E-state index in [9.17, 15) is 9.59 Å². The first-order valence-electron chi connectivity index (χ1n) is 7.83. The maximum atomic E-state index is 11.9. The van der Waals surface area contributed by atoms with Crippen LogP contribution in [0.3, 0.4) is 0 Å². The van der Waals surface area contributed by atoms with Crippen LogP contribution in [0.5, 0.6) is 0 Å². The third kappa shape index (κ3) is 7.46. The number of rotatable bonds is 10. The average Bonchev–Trinajstić information content (AvgIpc) is 2.51. The summed E-state index contributed by atoms with van der Waals surface area (Å²) in [6.07, 6.45) is 5.77. The Bertz CT molecular complexity index is 477. The fraction of sp³-hybridized carbons (Fsp3) is 0.529. The Morgan fingerprint density at radius 3 is 2.59 bits per heavy atom. The summed E-state index contributed by atoms with van der Waals surface area (Å²) in [4.78, 5) is 23.4. The first-order chi connectivity index (χ1) is 10.6. The van der Waals surface area contributed by atoms with E-state index >= 15 is 0 Å². The molecule has 0 aromatic heterocycles. The Balaban J connectivity index is 2.12. The number of hydrogen-bond acceptors (Lipinski definition) is 3. The highest BCUT2D eigenvalue weighted by Gasteiger charge is 2.10. The predicted octanol–water partition coefficient (Wildman–Crippen LogP) is 3.97. The smallest absolute Gasteiger partial charge is 0.307 e. The molecule has 1 rings (SSSR count). The molecule has 0 unspecified atom stereocenters. The van der Waals surface area contributed by atoms with Gasteiger partial charge in [-0.2, -0.15) is 0 Å². The van der Waals surface area contributed by atoms with Gasteiger partial charge in [0, 0.05) is 6.54 Å². The Labute approximate surface area is 137 Å². The highest BCUT2D eigenvalue weighted by Crippen LogP contribution is 2.14. The lowest BCUT2D eigenvalue weighted by atomic mass is 10.2. The Morgan fingerprint density at radius 1 is 1.14 bits per heavy atom. The van der Waals surface area contributed by atoms with Gasteiger partial charge in [-0.3, -0.25) is 9.59 Å². The minimum Gasteiger partial charge on any atom is -0.466 e. The largest absolute Gasteiger partial charge is 0.466 e. The van der Waals surface area contributed by atoms with Crippen LogP contribution < -0.4 is 5.32 Å². The molecule has 22 heavy (non-hydrogen) atoms. The molecule has 122 valence electrons. The standard InChI is InChI=1S/C17H24ClNO3/c1-2-3-4-5-8-13-22-16(20)11-12-19-17(21)14-9-6-7-10-15(14)18/h6-7,9-10H,2-5,8,11-13H2,1H3,(H,19,21). The zero-order chi connectivity index (χ0) is 16.2. The number of carbonyl (C=O) groups is 2. The quantitative estimate of drug-likeness (QED) is 0.523. The molecule has 1 N–H and O–H groups in total. The van der Waals surface area contributed by atoms with Crippen molar-refractivity contribution in [3.63, 3.8) is 0 Å². The highest BCUT2D eigenvalue weighted by molar-refractivity contribution is 6.33. The molecule has 0 aliphatic rings. The molecule has 0 bridgehead atoms. The van der Waals surface area contributed by atoms with E-state index in [1.54, 1.807) is 24.3 Å². The molecule has 0 aliphatic heterocycles. The van der Waals surface area contributed by atoms with Crippen molar-refractivity contribution in [1.29, 1.82) is 0 Å². The Hall–Kier alpha value is -1.55. The van der Waals surface area contributed by atoms with Gasteiger partial charge in [0.1, 0.15) is 0 Å². The molecule has 1 aromatic carbocycles. The monoisotopic (exact) mass is 325 g/mol. The highest BCUT2D eigenvalue weighted by atomic mass is 35.5. The first-order valence-corrected chi connectivity index (χ1v) is 8.21. The summed E-state index contributed by atoms with van der Waals surface area (Å²) < 4.78 is 5.12. The second-order valence-corrected chi connectivity index (χ2v) is 5.53. The van der Waals surface area contributed by atoms with Crippen molar-refractivity contribution >= 4 is 23.5 Å². The molecule has 0 saturated heterocycles. The second kappa shape index (κ2) is 11.1. The van der Waals surface area contributed by atoms with Crippen LogP contribution in [0.4, 0.5) is 0 Å². The summed E-state index contributed by atoms with van der Waals surface area (Å²) in [5.41, 5.74) is 0.411. The molecule has 0 atom stereocenters. The summed E-state index contributed by atoms with van der Waals surface area (Å²) in [7, 11) is 0. The van der Waals surface area contributed by atoms with E-state index in [1.807, 2.05) is 0 Å². The van der Waals surface area contributed by atoms with Gasteiger partial charge in [0.2, 0.25) is 0 Å². The van der Waals surface area contributed by atoms with E-state index < -0.39 is 0 Å². The molecular weight excluding hydrogens is 302 g/mol. The van der Waals surface area contributed by atoms with Crippen molar-refractivity contribution in [3.8, 4) is 0 Å².